The molecule has 0 aromatic carbocycles. The fourth-order valence-corrected chi connectivity index (χ4v) is 2.65. The quantitative estimate of drug-likeness (QED) is 0.867. The summed E-state index contributed by atoms with van der Waals surface area (Å²) in [6, 6.07) is 4.80. The van der Waals surface area contributed by atoms with E-state index >= 15 is 0 Å². The topological polar surface area (TPSA) is 36.4 Å². The molecule has 0 amide bonds. The van der Waals surface area contributed by atoms with Crippen LogP contribution in [0.5, 0.6) is 0 Å². The van der Waals surface area contributed by atoms with Gasteiger partial charge < -0.3 is 5.11 Å². The molecule has 0 radical (unpaired) electrons. The van der Waals surface area contributed by atoms with E-state index in [4.69, 9.17) is 0 Å². The normalized spacial score (nSPS) is 25.1. The second-order valence-corrected chi connectivity index (χ2v) is 4.88. The van der Waals surface area contributed by atoms with E-state index in [9.17, 15) is 5.11 Å². The van der Waals surface area contributed by atoms with Crippen molar-refractivity contribution in [1.82, 2.24) is 9.88 Å². The number of hydrogen-bond acceptors (Lipinski definition) is 3. The van der Waals surface area contributed by atoms with E-state index < -0.39 is 0 Å². The SMILES string of the molecule is CCN(Cc1ccncc1)C1CCC(O)CC1. The Labute approximate surface area is 103 Å². The summed E-state index contributed by atoms with van der Waals surface area (Å²) in [5, 5.41) is 9.54. The van der Waals surface area contributed by atoms with Gasteiger partial charge in [-0.05, 0) is 49.9 Å². The molecular formula is C14H22N2O. The molecule has 0 aliphatic heterocycles. The zero-order valence-electron chi connectivity index (χ0n) is 10.5. The van der Waals surface area contributed by atoms with E-state index in [0.717, 1.165) is 38.8 Å². The second-order valence-electron chi connectivity index (χ2n) is 4.88. The molecule has 0 bridgehead atoms. The van der Waals surface area contributed by atoms with Crippen molar-refractivity contribution in [1.29, 1.82) is 0 Å². The Bertz CT molecular complexity index is 320. The molecule has 2 rings (SSSR count). The lowest BCUT2D eigenvalue weighted by atomic mass is 9.92. The average molecular weight is 234 g/mol. The summed E-state index contributed by atoms with van der Waals surface area (Å²) < 4.78 is 0. The summed E-state index contributed by atoms with van der Waals surface area (Å²) in [7, 11) is 0. The Kier molecular flexibility index (Phi) is 4.51. The molecule has 1 aliphatic carbocycles. The van der Waals surface area contributed by atoms with Crippen LogP contribution >= 0.6 is 0 Å². The van der Waals surface area contributed by atoms with Gasteiger partial charge in [0.2, 0.25) is 0 Å². The Balaban J connectivity index is 1.92. The van der Waals surface area contributed by atoms with Crippen molar-refractivity contribution in [3.63, 3.8) is 0 Å². The monoisotopic (exact) mass is 234 g/mol. The average Bonchev–Trinajstić information content (AvgIpc) is 2.38. The molecular weight excluding hydrogens is 212 g/mol. The Hall–Kier alpha value is -0.930. The Morgan fingerprint density at radius 3 is 2.47 bits per heavy atom. The third-order valence-electron chi connectivity index (χ3n) is 3.72. The minimum atomic E-state index is -0.0640. The maximum Gasteiger partial charge on any atom is 0.0541 e. The zero-order chi connectivity index (χ0) is 12.1. The van der Waals surface area contributed by atoms with Gasteiger partial charge in [0.1, 0.15) is 0 Å². The van der Waals surface area contributed by atoms with E-state index in [1.54, 1.807) is 0 Å². The molecule has 1 N–H and O–H groups in total. The van der Waals surface area contributed by atoms with Gasteiger partial charge in [-0.25, -0.2) is 0 Å². The predicted molar refractivity (Wildman–Crippen MR) is 68.6 cm³/mol. The Morgan fingerprint density at radius 2 is 1.88 bits per heavy atom. The standard InChI is InChI=1S/C14H22N2O/c1-2-16(11-12-7-9-15-10-8-12)13-3-5-14(17)6-4-13/h7-10,13-14,17H,2-6,11H2,1H3. The van der Waals surface area contributed by atoms with E-state index in [0.29, 0.717) is 6.04 Å². The van der Waals surface area contributed by atoms with Crippen molar-refractivity contribution in [2.45, 2.75) is 51.3 Å². The third-order valence-corrected chi connectivity index (χ3v) is 3.72. The lowest BCUT2D eigenvalue weighted by Crippen LogP contribution is -2.38. The highest BCUT2D eigenvalue weighted by molar-refractivity contribution is 5.09. The second kappa shape index (κ2) is 6.12. The van der Waals surface area contributed by atoms with E-state index in [1.165, 1.54) is 5.56 Å². The van der Waals surface area contributed by atoms with Crippen LogP contribution in [0.3, 0.4) is 0 Å². The van der Waals surface area contributed by atoms with Crippen LogP contribution < -0.4 is 0 Å². The van der Waals surface area contributed by atoms with E-state index in [1.807, 2.05) is 12.4 Å². The molecule has 0 atom stereocenters. The summed E-state index contributed by atoms with van der Waals surface area (Å²) in [4.78, 5) is 6.56. The molecule has 0 unspecified atom stereocenters. The van der Waals surface area contributed by atoms with Crippen molar-refractivity contribution < 1.29 is 5.11 Å². The number of pyridine rings is 1. The summed E-state index contributed by atoms with van der Waals surface area (Å²) in [6.45, 7) is 4.29. The summed E-state index contributed by atoms with van der Waals surface area (Å²) in [6.07, 6.45) is 7.81. The predicted octanol–water partition coefficient (Wildman–Crippen LogP) is 2.21. The van der Waals surface area contributed by atoms with Gasteiger partial charge in [-0.2, -0.15) is 0 Å². The van der Waals surface area contributed by atoms with Crippen LogP contribution in [0, 0.1) is 0 Å². The van der Waals surface area contributed by atoms with Crippen molar-refractivity contribution in [3.8, 4) is 0 Å². The van der Waals surface area contributed by atoms with Gasteiger partial charge in [0.25, 0.3) is 0 Å². The third kappa shape index (κ3) is 3.51. The van der Waals surface area contributed by atoms with Crippen molar-refractivity contribution >= 4 is 0 Å². The first-order valence-corrected chi connectivity index (χ1v) is 6.60. The molecule has 0 saturated heterocycles. The first-order chi connectivity index (χ1) is 8.29. The van der Waals surface area contributed by atoms with Gasteiger partial charge in [-0.1, -0.05) is 6.92 Å². The summed E-state index contributed by atoms with van der Waals surface area (Å²) in [5.74, 6) is 0. The van der Waals surface area contributed by atoms with E-state index in [2.05, 4.69) is 28.9 Å². The number of aliphatic hydroxyl groups excluding tert-OH is 1. The molecule has 1 aromatic rings. The minimum absolute atomic E-state index is 0.0640. The Morgan fingerprint density at radius 1 is 1.24 bits per heavy atom. The van der Waals surface area contributed by atoms with Crippen LogP contribution in [0.1, 0.15) is 38.2 Å². The zero-order valence-corrected chi connectivity index (χ0v) is 10.5. The lowest BCUT2D eigenvalue weighted by molar-refractivity contribution is 0.0727. The molecule has 3 nitrogen and oxygen atoms in total. The minimum Gasteiger partial charge on any atom is -0.393 e. The number of rotatable bonds is 4. The van der Waals surface area contributed by atoms with Gasteiger partial charge in [0, 0.05) is 25.0 Å². The maximum absolute atomic E-state index is 9.54. The lowest BCUT2D eigenvalue weighted by Gasteiger charge is -2.35. The van der Waals surface area contributed by atoms with Crippen LogP contribution in [0.2, 0.25) is 0 Å². The highest BCUT2D eigenvalue weighted by Gasteiger charge is 2.23. The van der Waals surface area contributed by atoms with Gasteiger partial charge >= 0.3 is 0 Å². The molecule has 94 valence electrons. The molecule has 3 heteroatoms. The first-order valence-electron chi connectivity index (χ1n) is 6.60. The van der Waals surface area contributed by atoms with Crippen LogP contribution in [-0.4, -0.2) is 33.7 Å². The highest BCUT2D eigenvalue weighted by atomic mass is 16.3. The molecule has 17 heavy (non-hydrogen) atoms. The van der Waals surface area contributed by atoms with Crippen LogP contribution in [0.25, 0.3) is 0 Å². The molecule has 1 heterocycles. The highest BCUT2D eigenvalue weighted by Crippen LogP contribution is 2.24. The first kappa shape index (κ1) is 12.5. The molecule has 1 saturated carbocycles. The number of aliphatic hydroxyl groups is 1. The summed E-state index contributed by atoms with van der Waals surface area (Å²) in [5.41, 5.74) is 1.33. The van der Waals surface area contributed by atoms with Gasteiger partial charge in [-0.3, -0.25) is 9.88 Å². The van der Waals surface area contributed by atoms with Crippen molar-refractivity contribution in [2.75, 3.05) is 6.54 Å². The number of aromatic nitrogens is 1. The smallest absolute Gasteiger partial charge is 0.0541 e. The van der Waals surface area contributed by atoms with Crippen LogP contribution in [0.15, 0.2) is 24.5 Å². The van der Waals surface area contributed by atoms with Gasteiger partial charge in [-0.15, -0.1) is 0 Å². The fraction of sp³-hybridized carbons (Fsp3) is 0.643. The summed E-state index contributed by atoms with van der Waals surface area (Å²) >= 11 is 0. The van der Waals surface area contributed by atoms with Gasteiger partial charge in [0.15, 0.2) is 0 Å². The van der Waals surface area contributed by atoms with E-state index in [-0.39, 0.29) is 6.10 Å². The van der Waals surface area contributed by atoms with Crippen molar-refractivity contribution in [3.05, 3.63) is 30.1 Å². The van der Waals surface area contributed by atoms with Crippen molar-refractivity contribution in [2.24, 2.45) is 0 Å². The largest absolute Gasteiger partial charge is 0.393 e. The fourth-order valence-electron chi connectivity index (χ4n) is 2.65. The molecule has 1 aliphatic rings. The molecule has 1 fully saturated rings. The molecule has 0 spiro atoms. The van der Waals surface area contributed by atoms with Gasteiger partial charge in [0.05, 0.1) is 6.10 Å². The van der Waals surface area contributed by atoms with Crippen LogP contribution in [0.4, 0.5) is 0 Å². The maximum atomic E-state index is 9.54. The number of hydrogen-bond donors (Lipinski definition) is 1. The number of nitrogens with zero attached hydrogens (tertiary/aromatic N) is 2. The van der Waals surface area contributed by atoms with Crippen LogP contribution in [-0.2, 0) is 6.54 Å². The molecule has 1 aromatic heterocycles.